The van der Waals surface area contributed by atoms with Crippen LogP contribution in [0.15, 0.2) is 100 Å². The lowest BCUT2D eigenvalue weighted by Gasteiger charge is -2.25. The molecule has 1 fully saturated rings. The number of hydrogen-bond acceptors (Lipinski definition) is 7. The fourth-order valence-corrected chi connectivity index (χ4v) is 5.18. The Kier molecular flexibility index (Phi) is 6.03. The van der Waals surface area contributed by atoms with Crippen LogP contribution in [-0.2, 0) is 20.8 Å². The van der Waals surface area contributed by atoms with Crippen molar-refractivity contribution in [2.24, 2.45) is 15.4 Å². The molecular formula is C29H26N6O3. The second kappa shape index (κ2) is 9.66. The number of imide groups is 1. The Hall–Kier alpha value is -4.66. The molecule has 0 aromatic heterocycles. The molecule has 0 spiro atoms. The van der Waals surface area contributed by atoms with Crippen LogP contribution >= 0.6 is 0 Å². The van der Waals surface area contributed by atoms with Gasteiger partial charge in [0.2, 0.25) is 0 Å². The average molecular weight is 507 g/mol. The Labute approximate surface area is 220 Å². The molecule has 0 N–H and O–H groups in total. The Morgan fingerprint density at radius 1 is 0.895 bits per heavy atom. The summed E-state index contributed by atoms with van der Waals surface area (Å²) in [6.45, 7) is 1.82. The maximum absolute atomic E-state index is 13.6. The van der Waals surface area contributed by atoms with E-state index in [0.29, 0.717) is 12.1 Å². The van der Waals surface area contributed by atoms with Gasteiger partial charge in [-0.25, -0.2) is 9.91 Å². The van der Waals surface area contributed by atoms with Crippen LogP contribution in [0.4, 0.5) is 5.69 Å². The van der Waals surface area contributed by atoms with Crippen molar-refractivity contribution in [2.75, 3.05) is 11.4 Å². The highest BCUT2D eigenvalue weighted by molar-refractivity contribution is 6.25. The van der Waals surface area contributed by atoms with Crippen molar-refractivity contribution in [3.63, 3.8) is 0 Å². The molecule has 3 aromatic rings. The number of hydrogen-bond donors (Lipinski definition) is 0. The van der Waals surface area contributed by atoms with E-state index in [4.69, 9.17) is 5.10 Å². The first-order chi connectivity index (χ1) is 18.5. The van der Waals surface area contributed by atoms with Gasteiger partial charge in [-0.2, -0.15) is 10.2 Å². The highest BCUT2D eigenvalue weighted by Crippen LogP contribution is 2.35. The van der Waals surface area contributed by atoms with Crippen molar-refractivity contribution in [1.82, 2.24) is 10.0 Å². The zero-order chi connectivity index (χ0) is 26.2. The van der Waals surface area contributed by atoms with Crippen LogP contribution in [0.1, 0.15) is 36.1 Å². The van der Waals surface area contributed by atoms with E-state index in [0.717, 1.165) is 33.7 Å². The first-order valence-electron chi connectivity index (χ1n) is 12.7. The number of nitrogens with zero attached hydrogens (tertiary/aromatic N) is 6. The smallest absolute Gasteiger partial charge is 0.264 e. The summed E-state index contributed by atoms with van der Waals surface area (Å²) in [4.78, 5) is 41.2. The van der Waals surface area contributed by atoms with E-state index in [9.17, 15) is 14.4 Å². The zero-order valence-electron chi connectivity index (χ0n) is 20.8. The molecule has 1 saturated heterocycles. The molecule has 9 nitrogen and oxygen atoms in total. The van der Waals surface area contributed by atoms with E-state index in [1.54, 1.807) is 12.1 Å². The zero-order valence-corrected chi connectivity index (χ0v) is 20.8. The van der Waals surface area contributed by atoms with Gasteiger partial charge in [0.05, 0.1) is 17.4 Å². The molecular weight excluding hydrogens is 480 g/mol. The molecule has 3 aliphatic heterocycles. The number of rotatable bonds is 6. The molecule has 3 aromatic carbocycles. The standard InChI is InChI=1S/C29H26N6O3/c1-2-19-13-15-22(16-14-19)34-28(37)26-27(29(34)38)33(32-30-26)18-25(36)35-24(21-11-7-4-8-12-21)17-23(31-35)20-9-5-3-6-10-20/h3-16,24,26-27H,2,17-18H2,1H3/t24-,26-,27+/m1/s1. The van der Waals surface area contributed by atoms with Crippen LogP contribution < -0.4 is 4.90 Å². The van der Waals surface area contributed by atoms with Crippen molar-refractivity contribution >= 4 is 29.1 Å². The molecule has 6 rings (SSSR count). The Balaban J connectivity index is 1.24. The van der Waals surface area contributed by atoms with E-state index in [1.807, 2.05) is 79.7 Å². The monoisotopic (exact) mass is 506 g/mol. The molecule has 3 aliphatic rings. The van der Waals surface area contributed by atoms with Crippen molar-refractivity contribution in [1.29, 1.82) is 0 Å². The van der Waals surface area contributed by atoms with Gasteiger partial charge in [0.15, 0.2) is 12.1 Å². The van der Waals surface area contributed by atoms with Gasteiger partial charge in [0.1, 0.15) is 6.54 Å². The largest absolute Gasteiger partial charge is 0.271 e. The lowest BCUT2D eigenvalue weighted by atomic mass is 9.98. The Morgan fingerprint density at radius 2 is 1.58 bits per heavy atom. The van der Waals surface area contributed by atoms with E-state index >= 15 is 0 Å². The molecule has 0 saturated carbocycles. The number of carbonyl (C=O) groups is 3. The number of anilines is 1. The summed E-state index contributed by atoms with van der Waals surface area (Å²) in [6, 6.07) is 24.6. The first-order valence-corrected chi connectivity index (χ1v) is 12.7. The fourth-order valence-electron chi connectivity index (χ4n) is 5.18. The van der Waals surface area contributed by atoms with Crippen LogP contribution in [0.25, 0.3) is 0 Å². The van der Waals surface area contributed by atoms with Gasteiger partial charge in [-0.1, -0.05) is 84.9 Å². The third kappa shape index (κ3) is 4.06. The molecule has 0 bridgehead atoms. The minimum absolute atomic E-state index is 0.221. The Bertz CT molecular complexity index is 1440. The summed E-state index contributed by atoms with van der Waals surface area (Å²) >= 11 is 0. The average Bonchev–Trinajstić information content (AvgIpc) is 3.65. The topological polar surface area (TPSA) is 98.0 Å². The van der Waals surface area contributed by atoms with Crippen molar-refractivity contribution in [2.45, 2.75) is 37.9 Å². The van der Waals surface area contributed by atoms with Crippen LogP contribution in [0.3, 0.4) is 0 Å². The van der Waals surface area contributed by atoms with Crippen LogP contribution in [0.5, 0.6) is 0 Å². The van der Waals surface area contributed by atoms with Crippen LogP contribution in [0.2, 0.25) is 0 Å². The SMILES string of the molecule is CCc1ccc(N2C(=O)[C@@H]3[C@@H](N=NN3CC(=O)N3N=C(c4ccccc4)C[C@@H]3c3ccccc3)C2=O)cc1. The van der Waals surface area contributed by atoms with Gasteiger partial charge < -0.3 is 0 Å². The van der Waals surface area contributed by atoms with Gasteiger partial charge in [-0.3, -0.25) is 19.4 Å². The number of carbonyl (C=O) groups excluding carboxylic acids is 3. The summed E-state index contributed by atoms with van der Waals surface area (Å²) in [5.74, 6) is -1.19. The number of amides is 3. The van der Waals surface area contributed by atoms with Gasteiger partial charge in [-0.05, 0) is 35.2 Å². The van der Waals surface area contributed by atoms with Gasteiger partial charge in [-0.15, -0.1) is 0 Å². The second-order valence-electron chi connectivity index (χ2n) is 9.51. The van der Waals surface area contributed by atoms with Gasteiger partial charge >= 0.3 is 0 Å². The summed E-state index contributed by atoms with van der Waals surface area (Å²) in [7, 11) is 0. The molecule has 9 heteroatoms. The highest BCUT2D eigenvalue weighted by Gasteiger charge is 2.55. The number of hydrazone groups is 1. The summed E-state index contributed by atoms with van der Waals surface area (Å²) < 4.78 is 0. The van der Waals surface area contributed by atoms with E-state index < -0.39 is 23.9 Å². The molecule has 0 radical (unpaired) electrons. The predicted molar refractivity (Wildman–Crippen MR) is 141 cm³/mol. The first kappa shape index (κ1) is 23.7. The predicted octanol–water partition coefficient (Wildman–Crippen LogP) is 3.92. The number of benzene rings is 3. The second-order valence-corrected chi connectivity index (χ2v) is 9.51. The van der Waals surface area contributed by atoms with Gasteiger partial charge in [0.25, 0.3) is 17.7 Å². The van der Waals surface area contributed by atoms with E-state index in [1.165, 1.54) is 10.0 Å². The summed E-state index contributed by atoms with van der Waals surface area (Å²) in [6.07, 6.45) is 1.42. The van der Waals surface area contributed by atoms with Crippen molar-refractivity contribution in [3.8, 4) is 0 Å². The lowest BCUT2D eigenvalue weighted by Crippen LogP contribution is -2.44. The fraction of sp³-hybridized carbons (Fsp3) is 0.241. The molecule has 190 valence electrons. The lowest BCUT2D eigenvalue weighted by molar-refractivity contribution is -0.135. The number of aryl methyl sites for hydroxylation is 1. The molecule has 3 amide bonds. The third-order valence-corrected chi connectivity index (χ3v) is 7.22. The molecule has 3 heterocycles. The van der Waals surface area contributed by atoms with Gasteiger partial charge in [0, 0.05) is 6.42 Å². The maximum Gasteiger partial charge on any atom is 0.264 e. The molecule has 3 atom stereocenters. The minimum atomic E-state index is -0.965. The van der Waals surface area contributed by atoms with Crippen LogP contribution in [0, 0.1) is 0 Å². The van der Waals surface area contributed by atoms with Crippen molar-refractivity contribution < 1.29 is 14.4 Å². The van der Waals surface area contributed by atoms with E-state index in [2.05, 4.69) is 10.3 Å². The number of fused-ring (bicyclic) bond motifs is 1. The highest BCUT2D eigenvalue weighted by atomic mass is 16.2. The van der Waals surface area contributed by atoms with E-state index in [-0.39, 0.29) is 18.5 Å². The summed E-state index contributed by atoms with van der Waals surface area (Å²) in [5, 5.41) is 15.6. The quantitative estimate of drug-likeness (QED) is 0.473. The summed E-state index contributed by atoms with van der Waals surface area (Å²) in [5.41, 5.74) is 4.32. The normalized spacial score (nSPS) is 22.3. The molecule has 0 unspecified atom stereocenters. The third-order valence-electron chi connectivity index (χ3n) is 7.22. The molecule has 0 aliphatic carbocycles. The Morgan fingerprint density at radius 3 is 2.26 bits per heavy atom. The molecule has 38 heavy (non-hydrogen) atoms. The van der Waals surface area contributed by atoms with Crippen molar-refractivity contribution in [3.05, 3.63) is 102 Å². The minimum Gasteiger partial charge on any atom is -0.271 e. The maximum atomic E-state index is 13.6. The van der Waals surface area contributed by atoms with Crippen LogP contribution in [-0.4, -0.2) is 52.1 Å².